The van der Waals surface area contributed by atoms with Crippen LogP contribution in [0.5, 0.6) is 0 Å². The summed E-state index contributed by atoms with van der Waals surface area (Å²) < 4.78 is 0. The number of rotatable bonds is 2. The van der Waals surface area contributed by atoms with Gasteiger partial charge < -0.3 is 32.1 Å². The summed E-state index contributed by atoms with van der Waals surface area (Å²) in [6.07, 6.45) is 0.769. The summed E-state index contributed by atoms with van der Waals surface area (Å²) in [6, 6.07) is 0. The third-order valence-electron chi connectivity index (χ3n) is 0.355. The maximum absolute atomic E-state index is 9.41. The van der Waals surface area contributed by atoms with Gasteiger partial charge in [-0.05, 0) is 12.2 Å². The van der Waals surface area contributed by atoms with Crippen LogP contribution in [0, 0.1) is 0 Å². The monoisotopic (exact) mass is 271 g/mol. The number of carbonyl (C=O) groups is 2. The van der Waals surface area contributed by atoms with Crippen LogP contribution in [0.1, 0.15) is 0 Å². The Morgan fingerprint density at radius 2 is 1.09 bits per heavy atom. The quantitative estimate of drug-likeness (QED) is 0.418. The van der Waals surface area contributed by atoms with Gasteiger partial charge in [-0.3, -0.25) is 0 Å². The van der Waals surface area contributed by atoms with Crippen molar-refractivity contribution in [3.63, 3.8) is 0 Å². The fourth-order valence-electron chi connectivity index (χ4n) is 0.136. The number of carboxylic acids is 2. The SMILES string of the molecule is O=C([O-])/C=C\C(=O)[O-].[NH4+].[NH4+].[Sb]. The minimum atomic E-state index is -1.55. The number of carbonyl (C=O) groups excluding carboxylic acids is 2. The molecule has 0 spiro atoms. The molecular formula is C4H10N2O4Sb. The van der Waals surface area contributed by atoms with E-state index in [-0.39, 0.29) is 36.7 Å². The number of hydrogen-bond donors (Lipinski definition) is 2. The van der Waals surface area contributed by atoms with E-state index in [0.717, 1.165) is 0 Å². The molecule has 0 saturated carbocycles. The molecule has 0 aromatic heterocycles. The Morgan fingerprint density at radius 1 is 0.909 bits per heavy atom. The Bertz CT molecular complexity index is 131. The maximum Gasteiger partial charge on any atom is 0.0643 e. The standard InChI is InChI=1S/C4H4O4.2H3N.Sb/c5-3(6)1-2-4(7)8;;;/h1-2H,(H,5,6)(H,7,8);2*1H3;/b2-1-;;;. The molecule has 0 unspecified atom stereocenters. The number of carboxylic acid groups (broad SMARTS) is 2. The van der Waals surface area contributed by atoms with Gasteiger partial charge in [-0.15, -0.1) is 0 Å². The molecule has 0 aromatic rings. The molecule has 11 heavy (non-hydrogen) atoms. The van der Waals surface area contributed by atoms with Crippen molar-refractivity contribution in [3.05, 3.63) is 12.2 Å². The first kappa shape index (κ1) is 22.4. The Labute approximate surface area is 80.9 Å². The van der Waals surface area contributed by atoms with E-state index in [9.17, 15) is 19.8 Å². The van der Waals surface area contributed by atoms with Crippen LogP contribution in [-0.4, -0.2) is 36.4 Å². The molecule has 0 atom stereocenters. The second-order valence-electron chi connectivity index (χ2n) is 0.971. The fourth-order valence-corrected chi connectivity index (χ4v) is 0.136. The van der Waals surface area contributed by atoms with Crippen LogP contribution in [-0.2, 0) is 9.59 Å². The maximum atomic E-state index is 9.41. The summed E-state index contributed by atoms with van der Waals surface area (Å²) in [5.74, 6) is -3.09. The largest absolute Gasteiger partial charge is 0.545 e. The second kappa shape index (κ2) is 12.1. The molecule has 6 nitrogen and oxygen atoms in total. The van der Waals surface area contributed by atoms with E-state index in [0.29, 0.717) is 12.2 Å². The zero-order valence-electron chi connectivity index (χ0n) is 6.23. The van der Waals surface area contributed by atoms with Gasteiger partial charge in [0.15, 0.2) is 0 Å². The van der Waals surface area contributed by atoms with Crippen LogP contribution in [0.3, 0.4) is 0 Å². The van der Waals surface area contributed by atoms with Crippen molar-refractivity contribution in [2.45, 2.75) is 0 Å². The van der Waals surface area contributed by atoms with E-state index in [4.69, 9.17) is 0 Å². The molecule has 0 saturated heterocycles. The summed E-state index contributed by atoms with van der Waals surface area (Å²) in [5.41, 5.74) is 0. The number of quaternary nitrogens is 2. The first-order valence-electron chi connectivity index (χ1n) is 1.73. The summed E-state index contributed by atoms with van der Waals surface area (Å²) >= 11 is 0. The molecule has 7 heteroatoms. The zero-order valence-corrected chi connectivity index (χ0v) is 8.79. The number of aliphatic carboxylic acids is 2. The van der Waals surface area contributed by atoms with Gasteiger partial charge in [0.25, 0.3) is 0 Å². The van der Waals surface area contributed by atoms with Crippen molar-refractivity contribution in [2.75, 3.05) is 0 Å². The van der Waals surface area contributed by atoms with Crippen LogP contribution in [0.2, 0.25) is 0 Å². The molecular weight excluding hydrogens is 262 g/mol. The zero-order chi connectivity index (χ0) is 6.57. The van der Waals surface area contributed by atoms with Gasteiger partial charge in [-0.2, -0.15) is 0 Å². The molecule has 0 aliphatic heterocycles. The van der Waals surface area contributed by atoms with Crippen LogP contribution < -0.4 is 22.5 Å². The van der Waals surface area contributed by atoms with Crippen LogP contribution in [0.25, 0.3) is 0 Å². The average Bonchev–Trinajstić information content (AvgIpc) is 1.61. The van der Waals surface area contributed by atoms with Crippen LogP contribution in [0.4, 0.5) is 0 Å². The Kier molecular flexibility index (Phi) is 24.7. The van der Waals surface area contributed by atoms with Crippen molar-refractivity contribution < 1.29 is 19.8 Å². The van der Waals surface area contributed by atoms with Crippen LogP contribution in [0.15, 0.2) is 12.2 Å². The molecule has 0 rings (SSSR count). The summed E-state index contributed by atoms with van der Waals surface area (Å²) in [6.45, 7) is 0. The van der Waals surface area contributed by atoms with Gasteiger partial charge in [-0.1, -0.05) is 0 Å². The first-order chi connectivity index (χ1) is 3.63. The van der Waals surface area contributed by atoms with E-state index in [1.165, 1.54) is 0 Å². The van der Waals surface area contributed by atoms with Gasteiger partial charge in [0.05, 0.1) is 11.9 Å². The molecule has 3 radical (unpaired) electrons. The van der Waals surface area contributed by atoms with E-state index < -0.39 is 11.9 Å². The van der Waals surface area contributed by atoms with Crippen molar-refractivity contribution in [1.82, 2.24) is 12.3 Å². The van der Waals surface area contributed by atoms with Crippen molar-refractivity contribution in [1.29, 1.82) is 0 Å². The van der Waals surface area contributed by atoms with E-state index in [2.05, 4.69) is 0 Å². The van der Waals surface area contributed by atoms with Crippen LogP contribution >= 0.6 is 0 Å². The van der Waals surface area contributed by atoms with E-state index in [1.54, 1.807) is 0 Å². The summed E-state index contributed by atoms with van der Waals surface area (Å²) in [7, 11) is 0. The molecule has 0 aliphatic rings. The van der Waals surface area contributed by atoms with Crippen molar-refractivity contribution in [2.24, 2.45) is 0 Å². The molecule has 0 bridgehead atoms. The van der Waals surface area contributed by atoms with E-state index >= 15 is 0 Å². The fraction of sp³-hybridized carbons (Fsp3) is 0. The normalized spacial score (nSPS) is 6.91. The van der Waals surface area contributed by atoms with Crippen molar-refractivity contribution in [3.8, 4) is 0 Å². The van der Waals surface area contributed by atoms with Crippen molar-refractivity contribution >= 4 is 36.4 Å². The topological polar surface area (TPSA) is 153 Å². The Hall–Kier alpha value is -0.582. The Morgan fingerprint density at radius 3 is 1.18 bits per heavy atom. The Balaban J connectivity index is -0.0000000817. The molecule has 8 N–H and O–H groups in total. The minimum absolute atomic E-state index is 0. The minimum Gasteiger partial charge on any atom is -0.545 e. The smallest absolute Gasteiger partial charge is 0.0643 e. The van der Waals surface area contributed by atoms with Gasteiger partial charge >= 0.3 is 0 Å². The predicted molar refractivity (Wildman–Crippen MR) is 36.9 cm³/mol. The molecule has 0 amide bonds. The third-order valence-corrected chi connectivity index (χ3v) is 0.355. The molecule has 65 valence electrons. The first-order valence-corrected chi connectivity index (χ1v) is 1.73. The van der Waals surface area contributed by atoms with Gasteiger partial charge in [0.1, 0.15) is 0 Å². The predicted octanol–water partition coefficient (Wildman–Crippen LogP) is -2.59. The molecule has 0 heterocycles. The summed E-state index contributed by atoms with van der Waals surface area (Å²) in [4.78, 5) is 18.8. The van der Waals surface area contributed by atoms with E-state index in [1.807, 2.05) is 0 Å². The molecule has 0 fully saturated rings. The molecule has 0 aromatic carbocycles. The second-order valence-corrected chi connectivity index (χ2v) is 0.971. The molecule has 0 aliphatic carbocycles. The third kappa shape index (κ3) is 26.6. The van der Waals surface area contributed by atoms with Gasteiger partial charge in [0, 0.05) is 24.4 Å². The summed E-state index contributed by atoms with van der Waals surface area (Å²) in [5, 5.41) is 18.8. The van der Waals surface area contributed by atoms with Gasteiger partial charge in [0.2, 0.25) is 0 Å². The number of hydrogen-bond acceptors (Lipinski definition) is 4. The average molecular weight is 272 g/mol. The van der Waals surface area contributed by atoms with Gasteiger partial charge in [-0.25, -0.2) is 0 Å².